The summed E-state index contributed by atoms with van der Waals surface area (Å²) in [6, 6.07) is 4.76. The standard InChI is InChI=1S/C15H18N4O5/c16-12(20)6-24-14(23)10-4-3-9(13(21)22)11-5-7(19-15(17)18)1-2-8(10)11/h1-2,5,9-10H,3-4,6H2,(H2,16,20)(H,21,22)(H4,17,18,19). The van der Waals surface area contributed by atoms with Crippen LogP contribution in [0.1, 0.15) is 35.8 Å². The summed E-state index contributed by atoms with van der Waals surface area (Å²) in [7, 11) is 0. The van der Waals surface area contributed by atoms with Crippen molar-refractivity contribution in [1.82, 2.24) is 0 Å². The van der Waals surface area contributed by atoms with Gasteiger partial charge < -0.3 is 26.6 Å². The first-order chi connectivity index (χ1) is 11.3. The van der Waals surface area contributed by atoms with E-state index in [0.29, 0.717) is 23.2 Å². The zero-order chi connectivity index (χ0) is 17.9. The first-order valence-electron chi connectivity index (χ1n) is 7.22. The number of carboxylic acid groups (broad SMARTS) is 1. The van der Waals surface area contributed by atoms with Gasteiger partial charge in [0, 0.05) is 5.69 Å². The summed E-state index contributed by atoms with van der Waals surface area (Å²) in [6.07, 6.45) is 0.545. The number of rotatable bonds is 5. The molecule has 7 N–H and O–H groups in total. The maximum Gasteiger partial charge on any atom is 0.313 e. The number of aliphatic carboxylic acids is 1. The lowest BCUT2D eigenvalue weighted by molar-refractivity contribution is -0.150. The van der Waals surface area contributed by atoms with Gasteiger partial charge in [-0.05, 0) is 36.1 Å². The fraction of sp³-hybridized carbons (Fsp3) is 0.333. The van der Waals surface area contributed by atoms with Crippen LogP contribution in [0, 0.1) is 5.41 Å². The van der Waals surface area contributed by atoms with Gasteiger partial charge in [0.15, 0.2) is 12.6 Å². The van der Waals surface area contributed by atoms with E-state index in [0.717, 1.165) is 0 Å². The van der Waals surface area contributed by atoms with Gasteiger partial charge in [0.05, 0.1) is 11.8 Å². The van der Waals surface area contributed by atoms with Crippen LogP contribution in [0.4, 0.5) is 5.69 Å². The molecule has 2 unspecified atom stereocenters. The van der Waals surface area contributed by atoms with Crippen molar-refractivity contribution in [3.05, 3.63) is 29.3 Å². The summed E-state index contributed by atoms with van der Waals surface area (Å²) in [4.78, 5) is 34.4. The summed E-state index contributed by atoms with van der Waals surface area (Å²) in [5.41, 5.74) is 11.7. The van der Waals surface area contributed by atoms with E-state index in [2.05, 4.69) is 5.32 Å². The lowest BCUT2D eigenvalue weighted by Gasteiger charge is -2.28. The van der Waals surface area contributed by atoms with Crippen LogP contribution in [-0.2, 0) is 19.1 Å². The summed E-state index contributed by atoms with van der Waals surface area (Å²) in [6.45, 7) is -0.517. The highest BCUT2D eigenvalue weighted by Gasteiger charge is 2.36. The Morgan fingerprint density at radius 2 is 1.88 bits per heavy atom. The van der Waals surface area contributed by atoms with E-state index in [4.69, 9.17) is 21.6 Å². The van der Waals surface area contributed by atoms with Crippen molar-refractivity contribution >= 4 is 29.5 Å². The van der Waals surface area contributed by atoms with Crippen molar-refractivity contribution in [2.45, 2.75) is 24.7 Å². The van der Waals surface area contributed by atoms with Crippen LogP contribution in [0.5, 0.6) is 0 Å². The molecule has 1 aliphatic rings. The maximum absolute atomic E-state index is 12.2. The zero-order valence-electron chi connectivity index (χ0n) is 12.7. The molecule has 1 aliphatic carbocycles. The fourth-order valence-corrected chi connectivity index (χ4v) is 2.82. The third kappa shape index (κ3) is 3.80. The number of anilines is 1. The number of amides is 1. The van der Waals surface area contributed by atoms with Gasteiger partial charge in [0.2, 0.25) is 0 Å². The van der Waals surface area contributed by atoms with Crippen molar-refractivity contribution in [3.63, 3.8) is 0 Å². The van der Waals surface area contributed by atoms with Gasteiger partial charge in [-0.15, -0.1) is 0 Å². The van der Waals surface area contributed by atoms with E-state index in [1.165, 1.54) is 0 Å². The molecule has 0 radical (unpaired) electrons. The molecule has 0 bridgehead atoms. The van der Waals surface area contributed by atoms with Crippen molar-refractivity contribution in [2.24, 2.45) is 11.5 Å². The molecular weight excluding hydrogens is 316 g/mol. The lowest BCUT2D eigenvalue weighted by atomic mass is 9.76. The topological polar surface area (TPSA) is 169 Å². The quantitative estimate of drug-likeness (QED) is 0.288. The lowest BCUT2D eigenvalue weighted by Crippen LogP contribution is -2.29. The molecule has 2 rings (SSSR count). The van der Waals surface area contributed by atoms with Crippen LogP contribution < -0.4 is 16.8 Å². The molecule has 0 heterocycles. The molecule has 0 fully saturated rings. The third-order valence-electron chi connectivity index (χ3n) is 3.80. The molecule has 2 atom stereocenters. The molecular formula is C15H18N4O5. The van der Waals surface area contributed by atoms with Crippen LogP contribution in [0.3, 0.4) is 0 Å². The van der Waals surface area contributed by atoms with Crippen molar-refractivity contribution in [1.29, 1.82) is 5.41 Å². The normalized spacial score (nSPS) is 19.0. The van der Waals surface area contributed by atoms with Crippen LogP contribution in [0.15, 0.2) is 18.2 Å². The number of benzene rings is 1. The second-order valence-electron chi connectivity index (χ2n) is 5.48. The van der Waals surface area contributed by atoms with E-state index < -0.39 is 36.3 Å². The molecule has 1 aromatic rings. The number of esters is 1. The Morgan fingerprint density at radius 1 is 1.21 bits per heavy atom. The van der Waals surface area contributed by atoms with E-state index >= 15 is 0 Å². The van der Waals surface area contributed by atoms with Crippen LogP contribution in [-0.4, -0.2) is 35.5 Å². The zero-order valence-corrected chi connectivity index (χ0v) is 12.7. The average molecular weight is 334 g/mol. The first-order valence-corrected chi connectivity index (χ1v) is 7.22. The number of fused-ring (bicyclic) bond motifs is 1. The Kier molecular flexibility index (Phi) is 5.02. The minimum atomic E-state index is -1.000. The molecule has 0 aromatic heterocycles. The second-order valence-corrected chi connectivity index (χ2v) is 5.48. The molecule has 9 nitrogen and oxygen atoms in total. The number of hydrogen-bond donors (Lipinski definition) is 5. The van der Waals surface area contributed by atoms with Crippen LogP contribution in [0.2, 0.25) is 0 Å². The SMILES string of the molecule is N=C(N)Nc1ccc2c(c1)C(C(=O)O)CCC2C(=O)OCC(N)=O. The Morgan fingerprint density at radius 3 is 2.46 bits per heavy atom. The predicted octanol–water partition coefficient (Wildman–Crippen LogP) is 0.0661. The average Bonchev–Trinajstić information content (AvgIpc) is 2.50. The number of ether oxygens (including phenoxy) is 1. The van der Waals surface area contributed by atoms with Gasteiger partial charge in [0.25, 0.3) is 5.91 Å². The van der Waals surface area contributed by atoms with Crippen LogP contribution in [0.25, 0.3) is 0 Å². The van der Waals surface area contributed by atoms with E-state index in [1.807, 2.05) is 0 Å². The van der Waals surface area contributed by atoms with Gasteiger partial charge in [0.1, 0.15) is 0 Å². The van der Waals surface area contributed by atoms with E-state index in [1.54, 1.807) is 18.2 Å². The fourth-order valence-electron chi connectivity index (χ4n) is 2.82. The van der Waals surface area contributed by atoms with Crippen molar-refractivity contribution in [3.8, 4) is 0 Å². The van der Waals surface area contributed by atoms with Gasteiger partial charge in [-0.2, -0.15) is 0 Å². The van der Waals surface area contributed by atoms with E-state index in [-0.39, 0.29) is 12.4 Å². The monoisotopic (exact) mass is 334 g/mol. The van der Waals surface area contributed by atoms with Crippen LogP contribution >= 0.6 is 0 Å². The Balaban J connectivity index is 2.35. The molecule has 128 valence electrons. The third-order valence-corrected chi connectivity index (χ3v) is 3.80. The summed E-state index contributed by atoms with van der Waals surface area (Å²) in [5, 5.41) is 19.2. The highest BCUT2D eigenvalue weighted by Crippen LogP contribution is 2.40. The van der Waals surface area contributed by atoms with Crippen molar-refractivity contribution < 1.29 is 24.2 Å². The number of carboxylic acids is 1. The summed E-state index contributed by atoms with van der Waals surface area (Å²) in [5.74, 6) is -4.10. The highest BCUT2D eigenvalue weighted by atomic mass is 16.5. The van der Waals surface area contributed by atoms with Gasteiger partial charge >= 0.3 is 11.9 Å². The Hall–Kier alpha value is -3.10. The number of guanidine groups is 1. The maximum atomic E-state index is 12.2. The number of hydrogen-bond acceptors (Lipinski definition) is 5. The summed E-state index contributed by atoms with van der Waals surface area (Å²) >= 11 is 0. The number of primary amides is 1. The number of carbonyl (C=O) groups excluding carboxylic acids is 2. The number of nitrogens with one attached hydrogen (secondary N) is 2. The highest BCUT2D eigenvalue weighted by molar-refractivity contribution is 5.91. The van der Waals surface area contributed by atoms with Gasteiger partial charge in [-0.25, -0.2) is 0 Å². The number of nitrogens with two attached hydrogens (primary N) is 2. The molecule has 0 saturated carbocycles. The molecule has 24 heavy (non-hydrogen) atoms. The number of carbonyl (C=O) groups is 3. The molecule has 0 saturated heterocycles. The predicted molar refractivity (Wildman–Crippen MR) is 84.5 cm³/mol. The van der Waals surface area contributed by atoms with Crippen molar-refractivity contribution in [2.75, 3.05) is 11.9 Å². The molecule has 9 heteroatoms. The largest absolute Gasteiger partial charge is 0.481 e. The second kappa shape index (κ2) is 6.99. The van der Waals surface area contributed by atoms with Gasteiger partial charge in [-0.3, -0.25) is 19.8 Å². The molecule has 1 amide bonds. The molecule has 0 aliphatic heterocycles. The molecule has 0 spiro atoms. The molecule has 1 aromatic carbocycles. The summed E-state index contributed by atoms with van der Waals surface area (Å²) < 4.78 is 4.86. The first kappa shape index (κ1) is 17.3. The Bertz CT molecular complexity index is 703. The van der Waals surface area contributed by atoms with E-state index in [9.17, 15) is 19.5 Å². The smallest absolute Gasteiger partial charge is 0.313 e. The minimum Gasteiger partial charge on any atom is -0.481 e. The Labute approximate surface area is 137 Å². The minimum absolute atomic E-state index is 0.252. The van der Waals surface area contributed by atoms with Gasteiger partial charge in [-0.1, -0.05) is 6.07 Å².